The minimum Gasteiger partial charge on any atom is -0.477 e. The molecule has 1 N–H and O–H groups in total. The second kappa shape index (κ2) is 2.56. The summed E-state index contributed by atoms with van der Waals surface area (Å²) in [7, 11) is 0. The lowest BCUT2D eigenvalue weighted by Gasteiger charge is -2.39. The van der Waals surface area contributed by atoms with Crippen LogP contribution in [-0.4, -0.2) is 23.8 Å². The molecular formula is C10H6FNO3. The summed E-state index contributed by atoms with van der Waals surface area (Å²) in [6, 6.07) is 3.04. The van der Waals surface area contributed by atoms with Crippen molar-refractivity contribution in [1.82, 2.24) is 5.32 Å². The van der Waals surface area contributed by atoms with E-state index in [1.165, 1.54) is 12.1 Å². The van der Waals surface area contributed by atoms with Gasteiger partial charge in [-0.15, -0.1) is 0 Å². The van der Waals surface area contributed by atoms with Crippen molar-refractivity contribution in [2.24, 2.45) is 0 Å². The Morgan fingerprint density at radius 1 is 1.33 bits per heavy atom. The summed E-state index contributed by atoms with van der Waals surface area (Å²) in [4.78, 5) is 22.7. The van der Waals surface area contributed by atoms with Crippen molar-refractivity contribution in [3.63, 3.8) is 0 Å². The van der Waals surface area contributed by atoms with E-state index in [0.29, 0.717) is 0 Å². The van der Waals surface area contributed by atoms with Crippen molar-refractivity contribution in [2.45, 2.75) is 12.1 Å². The number of fused-ring (bicyclic) bond motifs is 2. The second-order valence-electron chi connectivity index (χ2n) is 3.53. The van der Waals surface area contributed by atoms with Crippen LogP contribution in [0.15, 0.2) is 18.2 Å². The number of halogens is 1. The summed E-state index contributed by atoms with van der Waals surface area (Å²) in [5.74, 6) is -0.809. The Morgan fingerprint density at radius 2 is 2.13 bits per heavy atom. The SMILES string of the molecule is O=C1c2cc(F)ccc2O[C@@H]2C(=O)N[C@H]12. The fourth-order valence-electron chi connectivity index (χ4n) is 1.79. The van der Waals surface area contributed by atoms with Crippen molar-refractivity contribution >= 4 is 11.7 Å². The zero-order valence-electron chi connectivity index (χ0n) is 7.49. The van der Waals surface area contributed by atoms with Gasteiger partial charge in [-0.2, -0.15) is 0 Å². The molecule has 1 amide bonds. The number of hydrogen-bond acceptors (Lipinski definition) is 3. The number of hydrogen-bond donors (Lipinski definition) is 1. The van der Waals surface area contributed by atoms with Crippen molar-refractivity contribution in [3.8, 4) is 5.75 Å². The Bertz CT molecular complexity index is 486. The van der Waals surface area contributed by atoms with Crippen LogP contribution in [-0.2, 0) is 4.79 Å². The van der Waals surface area contributed by atoms with Gasteiger partial charge in [0.1, 0.15) is 17.6 Å². The third kappa shape index (κ3) is 1.000. The van der Waals surface area contributed by atoms with Crippen LogP contribution >= 0.6 is 0 Å². The van der Waals surface area contributed by atoms with Gasteiger partial charge in [-0.1, -0.05) is 0 Å². The molecule has 5 heteroatoms. The average Bonchev–Trinajstić information content (AvgIpc) is 2.22. The third-order valence-electron chi connectivity index (χ3n) is 2.60. The molecule has 0 radical (unpaired) electrons. The molecule has 3 rings (SSSR count). The van der Waals surface area contributed by atoms with Crippen LogP contribution in [0, 0.1) is 5.82 Å². The number of ketones is 1. The first-order valence-corrected chi connectivity index (χ1v) is 4.47. The number of Topliss-reactive ketones (excluding diaryl/α,β-unsaturated/α-hetero) is 1. The molecule has 2 atom stereocenters. The molecule has 0 aromatic heterocycles. The Hall–Kier alpha value is -1.91. The van der Waals surface area contributed by atoms with Crippen molar-refractivity contribution in [2.75, 3.05) is 0 Å². The van der Waals surface area contributed by atoms with E-state index in [2.05, 4.69) is 5.32 Å². The first-order valence-electron chi connectivity index (χ1n) is 4.47. The Morgan fingerprint density at radius 3 is 2.87 bits per heavy atom. The number of rotatable bonds is 0. The van der Waals surface area contributed by atoms with Gasteiger partial charge in [-0.3, -0.25) is 9.59 Å². The molecule has 1 aromatic carbocycles. The number of nitrogens with one attached hydrogen (secondary N) is 1. The summed E-state index contributed by atoms with van der Waals surface area (Å²) in [5.41, 5.74) is 0.191. The van der Waals surface area contributed by atoms with E-state index in [4.69, 9.17) is 4.74 Å². The van der Waals surface area contributed by atoms with Gasteiger partial charge >= 0.3 is 0 Å². The fourth-order valence-corrected chi connectivity index (χ4v) is 1.79. The first-order chi connectivity index (χ1) is 7.16. The molecular weight excluding hydrogens is 201 g/mol. The zero-order chi connectivity index (χ0) is 10.6. The molecule has 0 bridgehead atoms. The molecule has 0 aliphatic carbocycles. The van der Waals surface area contributed by atoms with E-state index >= 15 is 0 Å². The van der Waals surface area contributed by atoms with Gasteiger partial charge in [0, 0.05) is 0 Å². The maximum absolute atomic E-state index is 12.9. The van der Waals surface area contributed by atoms with Gasteiger partial charge in [0.15, 0.2) is 5.78 Å². The highest BCUT2D eigenvalue weighted by molar-refractivity contribution is 6.12. The average molecular weight is 207 g/mol. The number of amides is 1. The van der Waals surface area contributed by atoms with E-state index in [0.717, 1.165) is 6.07 Å². The monoisotopic (exact) mass is 207 g/mol. The molecule has 0 saturated carbocycles. The molecule has 2 aliphatic heterocycles. The fraction of sp³-hybridized carbons (Fsp3) is 0.200. The predicted molar refractivity (Wildman–Crippen MR) is 47.1 cm³/mol. The highest BCUT2D eigenvalue weighted by Crippen LogP contribution is 2.31. The summed E-state index contributed by atoms with van der Waals surface area (Å²) >= 11 is 0. The number of benzene rings is 1. The van der Waals surface area contributed by atoms with Crippen LogP contribution in [0.3, 0.4) is 0 Å². The highest BCUT2D eigenvalue weighted by atomic mass is 19.1. The smallest absolute Gasteiger partial charge is 0.264 e. The van der Waals surface area contributed by atoms with E-state index in [9.17, 15) is 14.0 Å². The Labute approximate surface area is 84.0 Å². The van der Waals surface area contributed by atoms with Crippen LogP contribution in [0.5, 0.6) is 5.75 Å². The van der Waals surface area contributed by atoms with Crippen molar-refractivity contribution in [3.05, 3.63) is 29.6 Å². The number of carbonyl (C=O) groups excluding carboxylic acids is 2. The lowest BCUT2D eigenvalue weighted by molar-refractivity contribution is -0.138. The van der Waals surface area contributed by atoms with Gasteiger partial charge in [-0.25, -0.2) is 4.39 Å². The molecule has 2 aliphatic rings. The molecule has 15 heavy (non-hydrogen) atoms. The number of carbonyl (C=O) groups is 2. The van der Waals surface area contributed by atoms with E-state index < -0.39 is 18.0 Å². The topological polar surface area (TPSA) is 55.4 Å². The normalized spacial score (nSPS) is 27.0. The maximum atomic E-state index is 12.9. The second-order valence-corrected chi connectivity index (χ2v) is 3.53. The highest BCUT2D eigenvalue weighted by Gasteiger charge is 2.50. The van der Waals surface area contributed by atoms with Crippen LogP contribution in [0.2, 0.25) is 0 Å². The van der Waals surface area contributed by atoms with Crippen LogP contribution in [0.4, 0.5) is 4.39 Å². The largest absolute Gasteiger partial charge is 0.477 e. The molecule has 1 aromatic rings. The summed E-state index contributed by atoms with van der Waals surface area (Å²) < 4.78 is 18.2. The maximum Gasteiger partial charge on any atom is 0.264 e. The van der Waals surface area contributed by atoms with Crippen LogP contribution in [0.1, 0.15) is 10.4 Å². The quantitative estimate of drug-likeness (QED) is 0.621. The van der Waals surface area contributed by atoms with E-state index in [-0.39, 0.29) is 23.0 Å². The lowest BCUT2D eigenvalue weighted by atomic mass is 9.90. The molecule has 1 fully saturated rings. The summed E-state index contributed by atoms with van der Waals surface area (Å²) in [5, 5.41) is 2.42. The molecule has 0 unspecified atom stereocenters. The minimum absolute atomic E-state index is 0.191. The van der Waals surface area contributed by atoms with Crippen LogP contribution in [0.25, 0.3) is 0 Å². The first kappa shape index (κ1) is 8.40. The molecule has 2 heterocycles. The van der Waals surface area contributed by atoms with Gasteiger partial charge in [0.05, 0.1) is 5.56 Å². The standard InChI is InChI=1S/C10H6FNO3/c11-4-1-2-6-5(3-4)8(13)7-9(15-6)10(14)12-7/h1-3,7,9H,(H,12,14)/t7-,9+/m1/s1. The van der Waals surface area contributed by atoms with Crippen LogP contribution < -0.4 is 10.1 Å². The molecule has 4 nitrogen and oxygen atoms in total. The number of β-lactam (4-membered cyclic amide) rings is 1. The van der Waals surface area contributed by atoms with E-state index in [1.54, 1.807) is 0 Å². The van der Waals surface area contributed by atoms with Crippen molar-refractivity contribution < 1.29 is 18.7 Å². The van der Waals surface area contributed by atoms with Gasteiger partial charge in [0.25, 0.3) is 5.91 Å². The van der Waals surface area contributed by atoms with Gasteiger partial charge < -0.3 is 10.1 Å². The zero-order valence-corrected chi connectivity index (χ0v) is 7.49. The molecule has 0 spiro atoms. The predicted octanol–water partition coefficient (Wildman–Crippen LogP) is 0.268. The Kier molecular flexibility index (Phi) is 1.44. The molecule has 76 valence electrons. The summed E-state index contributed by atoms with van der Waals surface area (Å²) in [6.45, 7) is 0. The lowest BCUT2D eigenvalue weighted by Crippen LogP contribution is -2.69. The Balaban J connectivity index is 2.10. The third-order valence-corrected chi connectivity index (χ3v) is 2.60. The van der Waals surface area contributed by atoms with Gasteiger partial charge in [0.2, 0.25) is 6.10 Å². The minimum atomic E-state index is -0.740. The summed E-state index contributed by atoms with van der Waals surface area (Å²) in [6.07, 6.45) is -0.740. The van der Waals surface area contributed by atoms with Crippen molar-refractivity contribution in [1.29, 1.82) is 0 Å². The number of ether oxygens (including phenoxy) is 1. The van der Waals surface area contributed by atoms with E-state index in [1.807, 2.05) is 0 Å². The van der Waals surface area contributed by atoms with Gasteiger partial charge in [-0.05, 0) is 18.2 Å². The molecule has 1 saturated heterocycles.